The highest BCUT2D eigenvalue weighted by Gasteiger charge is 2.36. The molecule has 4 aromatic heterocycles. The zero-order valence-corrected chi connectivity index (χ0v) is 19.8. The number of nitrogen functional groups attached to an aromatic ring is 1. The highest BCUT2D eigenvalue weighted by molar-refractivity contribution is 7.23. The monoisotopic (exact) mass is 520 g/mol. The number of carbonyl (C=O) groups is 1. The molecule has 0 aliphatic carbocycles. The van der Waals surface area contributed by atoms with Crippen molar-refractivity contribution in [2.45, 2.75) is 13.1 Å². The van der Waals surface area contributed by atoms with Crippen molar-refractivity contribution in [2.75, 3.05) is 17.7 Å². The minimum absolute atomic E-state index is 0.0477. The Balaban J connectivity index is 1.54. The molecule has 0 bridgehead atoms. The lowest BCUT2D eigenvalue weighted by atomic mass is 10.1. The topological polar surface area (TPSA) is 90.1 Å². The van der Waals surface area contributed by atoms with E-state index in [0.717, 1.165) is 22.1 Å². The van der Waals surface area contributed by atoms with Crippen molar-refractivity contribution in [3.05, 3.63) is 52.2 Å². The van der Waals surface area contributed by atoms with Gasteiger partial charge in [-0.3, -0.25) is 10.1 Å². The first-order chi connectivity index (χ1) is 16.2. The molecule has 12 heteroatoms. The largest absolute Gasteiger partial charge is 0.494 e. The van der Waals surface area contributed by atoms with Gasteiger partial charge in [-0.25, -0.2) is 9.97 Å². The van der Waals surface area contributed by atoms with Crippen LogP contribution in [0.2, 0.25) is 0 Å². The molecule has 0 radical (unpaired) electrons. The molecule has 0 unspecified atom stereocenters. The van der Waals surface area contributed by atoms with Crippen LogP contribution in [-0.4, -0.2) is 22.5 Å². The van der Waals surface area contributed by atoms with Gasteiger partial charge in [0.1, 0.15) is 15.5 Å². The lowest BCUT2D eigenvalue weighted by Gasteiger charge is -2.10. The molecule has 0 atom stereocenters. The Kier molecular flexibility index (Phi) is 5.66. The van der Waals surface area contributed by atoms with Gasteiger partial charge in [-0.1, -0.05) is 17.4 Å². The molecule has 0 aliphatic heterocycles. The predicted molar refractivity (Wildman–Crippen MR) is 131 cm³/mol. The number of hydrogen-bond acceptors (Lipinski definition) is 8. The summed E-state index contributed by atoms with van der Waals surface area (Å²) in [4.78, 5) is 22.3. The van der Waals surface area contributed by atoms with Gasteiger partial charge < -0.3 is 10.5 Å². The van der Waals surface area contributed by atoms with Crippen LogP contribution >= 0.6 is 34.0 Å². The Morgan fingerprint density at radius 3 is 2.71 bits per heavy atom. The normalized spacial score (nSPS) is 11.9. The molecule has 0 fully saturated rings. The molecule has 4 heterocycles. The summed E-state index contributed by atoms with van der Waals surface area (Å²) in [6.07, 6.45) is -4.67. The van der Waals surface area contributed by atoms with Gasteiger partial charge in [0.05, 0.1) is 38.6 Å². The Morgan fingerprint density at radius 1 is 1.18 bits per heavy atom. The average molecular weight is 521 g/mol. The number of aromatic nitrogens is 2. The third kappa shape index (κ3) is 4.08. The molecule has 1 amide bonds. The fourth-order valence-electron chi connectivity index (χ4n) is 3.43. The number of nitrogens with one attached hydrogen (secondary N) is 1. The fourth-order valence-corrected chi connectivity index (χ4v) is 6.02. The van der Waals surface area contributed by atoms with E-state index < -0.39 is 17.6 Å². The third-order valence-electron chi connectivity index (χ3n) is 4.88. The maximum Gasteiger partial charge on any atom is 0.417 e. The minimum Gasteiger partial charge on any atom is -0.494 e. The number of rotatable bonds is 5. The highest BCUT2D eigenvalue weighted by atomic mass is 32.1. The maximum atomic E-state index is 13.9. The summed E-state index contributed by atoms with van der Waals surface area (Å²) >= 11 is 3.33. The van der Waals surface area contributed by atoms with E-state index in [-0.39, 0.29) is 26.5 Å². The van der Waals surface area contributed by atoms with Crippen LogP contribution < -0.4 is 15.8 Å². The van der Waals surface area contributed by atoms with Crippen molar-refractivity contribution < 1.29 is 22.7 Å². The van der Waals surface area contributed by atoms with Crippen molar-refractivity contribution in [3.63, 3.8) is 0 Å². The zero-order chi connectivity index (χ0) is 24.0. The van der Waals surface area contributed by atoms with E-state index in [1.54, 1.807) is 29.6 Å². The Bertz CT molecular complexity index is 1520. The Labute approximate surface area is 202 Å². The predicted octanol–water partition coefficient (Wildman–Crippen LogP) is 6.89. The first-order valence-corrected chi connectivity index (χ1v) is 12.4. The molecule has 1 aromatic carbocycles. The number of carbonyl (C=O) groups excluding carboxylic acids is 1. The summed E-state index contributed by atoms with van der Waals surface area (Å²) in [5.74, 6) is 0.0352. The number of amides is 1. The van der Waals surface area contributed by atoms with Crippen LogP contribution in [0, 0.1) is 0 Å². The van der Waals surface area contributed by atoms with E-state index in [0.29, 0.717) is 27.9 Å². The van der Waals surface area contributed by atoms with Crippen LogP contribution in [0.5, 0.6) is 5.75 Å². The molecule has 0 saturated carbocycles. The van der Waals surface area contributed by atoms with Crippen molar-refractivity contribution in [2.24, 2.45) is 0 Å². The van der Waals surface area contributed by atoms with Crippen molar-refractivity contribution in [1.82, 2.24) is 9.97 Å². The van der Waals surface area contributed by atoms with Crippen LogP contribution in [0.15, 0.2) is 41.8 Å². The summed E-state index contributed by atoms with van der Waals surface area (Å²) < 4.78 is 47.9. The quantitative estimate of drug-likeness (QED) is 0.263. The van der Waals surface area contributed by atoms with Crippen LogP contribution in [-0.2, 0) is 6.18 Å². The van der Waals surface area contributed by atoms with Crippen molar-refractivity contribution in [1.29, 1.82) is 0 Å². The van der Waals surface area contributed by atoms with Gasteiger partial charge in [0.15, 0.2) is 5.13 Å². The molecule has 174 valence electrons. The van der Waals surface area contributed by atoms with Crippen LogP contribution in [0.1, 0.15) is 22.2 Å². The fraction of sp³-hybridized carbons (Fsp3) is 0.136. The van der Waals surface area contributed by atoms with Gasteiger partial charge in [-0.05, 0) is 42.6 Å². The molecule has 0 spiro atoms. The first-order valence-electron chi connectivity index (χ1n) is 9.93. The molecule has 0 saturated heterocycles. The van der Waals surface area contributed by atoms with Crippen LogP contribution in [0.4, 0.5) is 24.0 Å². The second-order valence-electron chi connectivity index (χ2n) is 7.09. The second kappa shape index (κ2) is 8.53. The number of halogens is 3. The Morgan fingerprint density at radius 2 is 2.00 bits per heavy atom. The van der Waals surface area contributed by atoms with Crippen molar-refractivity contribution in [3.8, 4) is 16.3 Å². The van der Waals surface area contributed by atoms with E-state index >= 15 is 0 Å². The number of nitrogens with two attached hydrogens (primary N) is 1. The van der Waals surface area contributed by atoms with Gasteiger partial charge in [-0.2, -0.15) is 13.2 Å². The number of thiazole rings is 1. The van der Waals surface area contributed by atoms with E-state index in [4.69, 9.17) is 10.5 Å². The van der Waals surface area contributed by atoms with E-state index in [9.17, 15) is 18.0 Å². The number of fused-ring (bicyclic) bond motifs is 2. The number of nitrogens with zero attached hydrogens (tertiary/aromatic N) is 2. The molecule has 6 nitrogen and oxygen atoms in total. The number of alkyl halides is 3. The van der Waals surface area contributed by atoms with Gasteiger partial charge in [0.25, 0.3) is 5.91 Å². The van der Waals surface area contributed by atoms with Crippen molar-refractivity contribution >= 4 is 71.2 Å². The second-order valence-corrected chi connectivity index (χ2v) is 10.1. The van der Waals surface area contributed by atoms with Crippen LogP contribution in [0.25, 0.3) is 31.0 Å². The maximum absolute atomic E-state index is 13.9. The summed E-state index contributed by atoms with van der Waals surface area (Å²) in [5.41, 5.74) is 5.73. The molecule has 34 heavy (non-hydrogen) atoms. The molecule has 5 rings (SSSR count). The van der Waals surface area contributed by atoms with Gasteiger partial charge in [0, 0.05) is 5.39 Å². The molecular formula is C22H15F3N4O2S3. The summed E-state index contributed by atoms with van der Waals surface area (Å²) in [6, 6.07) is 9.75. The molecular weight excluding hydrogens is 505 g/mol. The number of hydrogen-bond donors (Lipinski definition) is 2. The summed E-state index contributed by atoms with van der Waals surface area (Å²) in [5, 5.41) is 4.44. The Hall–Kier alpha value is -3.22. The van der Waals surface area contributed by atoms with Crippen LogP contribution in [0.3, 0.4) is 0 Å². The van der Waals surface area contributed by atoms with Gasteiger partial charge >= 0.3 is 6.18 Å². The lowest BCUT2D eigenvalue weighted by Crippen LogP contribution is -2.12. The SMILES string of the molecule is CCOc1ccc2nc(NC(=O)c3sc4nc(-c5cccs5)cc(C(F)(F)F)c4c3N)sc2c1. The first kappa shape index (κ1) is 22.6. The lowest BCUT2D eigenvalue weighted by molar-refractivity contribution is -0.136. The number of thiophene rings is 2. The third-order valence-corrected chi connectivity index (χ3v) is 7.80. The number of anilines is 2. The zero-order valence-electron chi connectivity index (χ0n) is 17.4. The van der Waals surface area contributed by atoms with Gasteiger partial charge in [-0.15, -0.1) is 22.7 Å². The number of ether oxygens (including phenoxy) is 1. The van der Waals surface area contributed by atoms with E-state index in [1.807, 2.05) is 13.0 Å². The average Bonchev–Trinajstić information content (AvgIpc) is 3.51. The summed E-state index contributed by atoms with van der Waals surface area (Å²) in [6.45, 7) is 2.39. The minimum atomic E-state index is -4.67. The number of benzene rings is 1. The number of pyridine rings is 1. The standard InChI is InChI=1S/C22H15F3N4O2S3/c1-2-31-10-5-6-12-15(8-10)33-21(28-12)29-19(30)18-17(26)16-11(22(23,24)25)9-13(27-20(16)34-18)14-4-3-7-32-14/h3-9H,2,26H2,1H3,(H,28,29,30). The van der Waals surface area contributed by atoms with E-state index in [2.05, 4.69) is 15.3 Å². The van der Waals surface area contributed by atoms with Gasteiger partial charge in [0.2, 0.25) is 0 Å². The molecule has 3 N–H and O–H groups in total. The summed E-state index contributed by atoms with van der Waals surface area (Å²) in [7, 11) is 0. The molecule has 5 aromatic rings. The van der Waals surface area contributed by atoms with E-state index in [1.165, 1.54) is 22.7 Å². The smallest absolute Gasteiger partial charge is 0.417 e. The highest BCUT2D eigenvalue weighted by Crippen LogP contribution is 2.44. The molecule has 0 aliphatic rings.